The summed E-state index contributed by atoms with van der Waals surface area (Å²) in [5, 5.41) is 0. The van der Waals surface area contributed by atoms with Crippen molar-refractivity contribution >= 4 is 25.0 Å². The summed E-state index contributed by atoms with van der Waals surface area (Å²) in [7, 11) is 4.15. The van der Waals surface area contributed by atoms with Crippen LogP contribution in [0.3, 0.4) is 0 Å². The SMILES string of the molecule is Bc1cccc(C2(c3ccc4c(c3)N(C)CCO4)COC(N)=N2)c1. The Labute approximate surface area is 142 Å². The number of anilines is 1. The highest BCUT2D eigenvalue weighted by atomic mass is 16.5. The normalized spacial score (nSPS) is 22.4. The minimum atomic E-state index is -0.608. The lowest BCUT2D eigenvalue weighted by atomic mass is 9.81. The third-order valence-corrected chi connectivity index (χ3v) is 4.76. The molecular weight excluding hydrogens is 301 g/mol. The van der Waals surface area contributed by atoms with Crippen LogP contribution in [0.1, 0.15) is 11.1 Å². The second-order valence-electron chi connectivity index (χ2n) is 6.42. The molecule has 0 aromatic heterocycles. The fraction of sp³-hybridized carbons (Fsp3) is 0.278. The molecule has 0 spiro atoms. The van der Waals surface area contributed by atoms with Crippen LogP contribution in [-0.2, 0) is 10.3 Å². The fourth-order valence-corrected chi connectivity index (χ4v) is 3.40. The van der Waals surface area contributed by atoms with Gasteiger partial charge in [-0.3, -0.25) is 0 Å². The monoisotopic (exact) mass is 321 g/mol. The van der Waals surface area contributed by atoms with Crippen molar-refractivity contribution in [3.8, 4) is 5.75 Å². The first kappa shape index (κ1) is 14.9. The van der Waals surface area contributed by atoms with Gasteiger partial charge in [0.2, 0.25) is 0 Å². The lowest BCUT2D eigenvalue weighted by Crippen LogP contribution is -2.31. The van der Waals surface area contributed by atoms with Gasteiger partial charge in [0.05, 0.1) is 12.2 Å². The smallest absolute Gasteiger partial charge is 0.283 e. The van der Waals surface area contributed by atoms with Crippen molar-refractivity contribution in [1.29, 1.82) is 0 Å². The molecule has 0 fully saturated rings. The van der Waals surface area contributed by atoms with Gasteiger partial charge in [0.15, 0.2) is 5.54 Å². The molecule has 24 heavy (non-hydrogen) atoms. The van der Waals surface area contributed by atoms with Crippen molar-refractivity contribution in [2.45, 2.75) is 5.54 Å². The molecule has 0 radical (unpaired) electrons. The Morgan fingerprint density at radius 3 is 2.75 bits per heavy atom. The van der Waals surface area contributed by atoms with Gasteiger partial charge in [-0.25, -0.2) is 4.99 Å². The van der Waals surface area contributed by atoms with E-state index < -0.39 is 5.54 Å². The number of benzene rings is 2. The lowest BCUT2D eigenvalue weighted by molar-refractivity contribution is 0.278. The topological polar surface area (TPSA) is 60.1 Å². The Balaban J connectivity index is 1.88. The van der Waals surface area contributed by atoms with E-state index >= 15 is 0 Å². The Morgan fingerprint density at radius 1 is 1.17 bits per heavy atom. The van der Waals surface area contributed by atoms with E-state index in [1.807, 2.05) is 12.1 Å². The van der Waals surface area contributed by atoms with E-state index in [2.05, 4.69) is 55.1 Å². The molecule has 4 rings (SSSR count). The van der Waals surface area contributed by atoms with Gasteiger partial charge < -0.3 is 20.1 Å². The van der Waals surface area contributed by atoms with Gasteiger partial charge in [-0.1, -0.05) is 35.8 Å². The zero-order valence-electron chi connectivity index (χ0n) is 14.0. The van der Waals surface area contributed by atoms with E-state index in [1.54, 1.807) is 0 Å². The van der Waals surface area contributed by atoms with Crippen LogP contribution >= 0.6 is 0 Å². The molecule has 122 valence electrons. The number of amidine groups is 1. The zero-order chi connectivity index (χ0) is 16.7. The summed E-state index contributed by atoms with van der Waals surface area (Å²) in [6, 6.07) is 14.8. The van der Waals surface area contributed by atoms with E-state index in [0.29, 0.717) is 13.2 Å². The van der Waals surface area contributed by atoms with E-state index in [9.17, 15) is 0 Å². The predicted molar refractivity (Wildman–Crippen MR) is 98.2 cm³/mol. The highest BCUT2D eigenvalue weighted by Crippen LogP contribution is 2.41. The third-order valence-electron chi connectivity index (χ3n) is 4.76. The van der Waals surface area contributed by atoms with Gasteiger partial charge in [0.1, 0.15) is 26.8 Å². The molecule has 0 saturated carbocycles. The maximum Gasteiger partial charge on any atom is 0.283 e. The Hall–Kier alpha value is -2.63. The number of hydrogen-bond acceptors (Lipinski definition) is 5. The quantitative estimate of drug-likeness (QED) is 0.812. The summed E-state index contributed by atoms with van der Waals surface area (Å²) in [6.07, 6.45) is 0. The van der Waals surface area contributed by atoms with Crippen LogP contribution in [0.25, 0.3) is 0 Å². The van der Waals surface area contributed by atoms with Crippen molar-refractivity contribution in [2.24, 2.45) is 10.7 Å². The molecule has 2 aromatic carbocycles. The molecule has 6 heteroatoms. The summed E-state index contributed by atoms with van der Waals surface area (Å²) in [6.45, 7) is 1.99. The molecule has 0 saturated heterocycles. The summed E-state index contributed by atoms with van der Waals surface area (Å²) < 4.78 is 11.3. The highest BCUT2D eigenvalue weighted by Gasteiger charge is 2.40. The highest BCUT2D eigenvalue weighted by molar-refractivity contribution is 6.32. The van der Waals surface area contributed by atoms with Crippen molar-refractivity contribution in [2.75, 3.05) is 31.7 Å². The fourth-order valence-electron chi connectivity index (χ4n) is 3.40. The van der Waals surface area contributed by atoms with Crippen molar-refractivity contribution < 1.29 is 9.47 Å². The van der Waals surface area contributed by atoms with E-state index in [1.165, 1.54) is 5.46 Å². The molecule has 0 amide bonds. The van der Waals surface area contributed by atoms with Crippen LogP contribution in [-0.4, -0.2) is 40.7 Å². The van der Waals surface area contributed by atoms with Gasteiger partial charge >= 0.3 is 0 Å². The van der Waals surface area contributed by atoms with E-state index in [4.69, 9.17) is 15.2 Å². The van der Waals surface area contributed by atoms with Crippen molar-refractivity contribution in [1.82, 2.24) is 0 Å². The maximum absolute atomic E-state index is 5.88. The number of likely N-dealkylation sites (N-methyl/N-ethyl adjacent to an activating group) is 1. The summed E-state index contributed by atoms with van der Waals surface area (Å²) >= 11 is 0. The van der Waals surface area contributed by atoms with Gasteiger partial charge in [0, 0.05) is 7.05 Å². The van der Waals surface area contributed by atoms with Crippen LogP contribution in [0.5, 0.6) is 5.75 Å². The van der Waals surface area contributed by atoms with Gasteiger partial charge in [0.25, 0.3) is 6.02 Å². The molecule has 1 atom stereocenters. The number of ether oxygens (including phenoxy) is 2. The molecular formula is C18H20BN3O2. The summed E-state index contributed by atoms with van der Waals surface area (Å²) in [4.78, 5) is 6.89. The van der Waals surface area contributed by atoms with Crippen molar-refractivity contribution in [3.63, 3.8) is 0 Å². The standard InChI is InChI=1S/C18H20BN3O2/c1-22-7-8-23-16-6-5-13(10-15(16)22)18(11-24-17(20)21-18)12-3-2-4-14(19)9-12/h2-6,9-10H,7-8,11,19H2,1H3,(H2,20,21). The minimum Gasteiger partial charge on any atom is -0.490 e. The average Bonchev–Trinajstić information content (AvgIpc) is 2.98. The third kappa shape index (κ3) is 2.30. The van der Waals surface area contributed by atoms with Crippen LogP contribution in [0.15, 0.2) is 47.5 Å². The first-order valence-electron chi connectivity index (χ1n) is 8.12. The Kier molecular flexibility index (Phi) is 3.41. The largest absolute Gasteiger partial charge is 0.490 e. The number of aliphatic imine (C=N–C) groups is 1. The molecule has 2 N–H and O–H groups in total. The minimum absolute atomic E-state index is 0.235. The second kappa shape index (κ2) is 5.48. The molecule has 0 aliphatic carbocycles. The van der Waals surface area contributed by atoms with Gasteiger partial charge in [-0.15, -0.1) is 0 Å². The molecule has 5 nitrogen and oxygen atoms in total. The Bertz CT molecular complexity index is 824. The first-order chi connectivity index (χ1) is 11.6. The first-order valence-corrected chi connectivity index (χ1v) is 8.12. The number of nitrogens with two attached hydrogens (primary N) is 1. The second-order valence-corrected chi connectivity index (χ2v) is 6.42. The van der Waals surface area contributed by atoms with Crippen molar-refractivity contribution in [3.05, 3.63) is 53.6 Å². The van der Waals surface area contributed by atoms with Gasteiger partial charge in [-0.2, -0.15) is 0 Å². The van der Waals surface area contributed by atoms with Crippen LogP contribution in [0, 0.1) is 0 Å². The number of rotatable bonds is 2. The molecule has 2 aromatic rings. The Morgan fingerprint density at radius 2 is 2.00 bits per heavy atom. The lowest BCUT2D eigenvalue weighted by Gasteiger charge is -2.31. The van der Waals surface area contributed by atoms with Crippen LogP contribution in [0.2, 0.25) is 0 Å². The van der Waals surface area contributed by atoms with Crippen LogP contribution in [0.4, 0.5) is 5.69 Å². The zero-order valence-corrected chi connectivity index (χ0v) is 14.0. The molecule has 1 unspecified atom stereocenters. The average molecular weight is 321 g/mol. The van der Waals surface area contributed by atoms with E-state index in [-0.39, 0.29) is 6.02 Å². The summed E-state index contributed by atoms with van der Waals surface area (Å²) in [5.74, 6) is 0.905. The molecule has 0 bridgehead atoms. The molecule has 2 heterocycles. The van der Waals surface area contributed by atoms with E-state index in [0.717, 1.165) is 29.1 Å². The molecule has 2 aliphatic rings. The van der Waals surface area contributed by atoms with Crippen LogP contribution < -0.4 is 20.8 Å². The van der Waals surface area contributed by atoms with Gasteiger partial charge in [-0.05, 0) is 23.3 Å². The maximum atomic E-state index is 5.88. The summed E-state index contributed by atoms with van der Waals surface area (Å²) in [5.41, 5.74) is 9.68. The number of nitrogens with zero attached hydrogens (tertiary/aromatic N) is 2. The number of fused-ring (bicyclic) bond motifs is 1. The molecule has 2 aliphatic heterocycles. The number of hydrogen-bond donors (Lipinski definition) is 1. The predicted octanol–water partition coefficient (Wildman–Crippen LogP) is 0.362.